The van der Waals surface area contributed by atoms with E-state index in [-0.39, 0.29) is 24.7 Å². The summed E-state index contributed by atoms with van der Waals surface area (Å²) in [5, 5.41) is 6.11. The fourth-order valence-corrected chi connectivity index (χ4v) is 11.6. The molecule has 3 aromatic rings. The van der Waals surface area contributed by atoms with E-state index >= 15 is 0 Å². The molecule has 16 heteroatoms. The maximum atomic E-state index is 13.3. The molecule has 0 aliphatic carbocycles. The first kappa shape index (κ1) is 48.2. The summed E-state index contributed by atoms with van der Waals surface area (Å²) in [5.74, 6) is -0.140. The van der Waals surface area contributed by atoms with E-state index in [4.69, 9.17) is 36.5 Å². The smallest absolute Gasteiger partial charge is 0.377 e. The third-order valence-electron chi connectivity index (χ3n) is 12.1. The van der Waals surface area contributed by atoms with Crippen molar-refractivity contribution in [1.29, 1.82) is 0 Å². The number of amides is 2. The van der Waals surface area contributed by atoms with Gasteiger partial charge in [-0.1, -0.05) is 25.3 Å². The number of carbonyl (C=O) groups excluding carboxylic acids is 2. The van der Waals surface area contributed by atoms with Gasteiger partial charge in [0.25, 0.3) is 0 Å². The van der Waals surface area contributed by atoms with Gasteiger partial charge < -0.3 is 47.2 Å². The monoisotopic (exact) mass is 884 g/mol. The van der Waals surface area contributed by atoms with Gasteiger partial charge in [-0.3, -0.25) is 9.59 Å². The van der Waals surface area contributed by atoms with E-state index in [1.54, 1.807) is 42.7 Å². The van der Waals surface area contributed by atoms with Crippen LogP contribution in [0.5, 0.6) is 0 Å². The van der Waals surface area contributed by atoms with Gasteiger partial charge in [-0.15, -0.1) is 0 Å². The van der Waals surface area contributed by atoms with Crippen molar-refractivity contribution in [3.8, 4) is 0 Å². The summed E-state index contributed by atoms with van der Waals surface area (Å²) >= 11 is 0. The maximum absolute atomic E-state index is 13.3. The van der Waals surface area contributed by atoms with E-state index in [0.717, 1.165) is 89.4 Å². The minimum Gasteiger partial charge on any atom is -0.377 e. The lowest BCUT2D eigenvalue weighted by Crippen LogP contribution is -2.43. The Kier molecular flexibility index (Phi) is 16.8. The van der Waals surface area contributed by atoms with Crippen molar-refractivity contribution >= 4 is 85.9 Å². The summed E-state index contributed by atoms with van der Waals surface area (Å²) in [7, 11) is 4.03. The van der Waals surface area contributed by atoms with Crippen LogP contribution in [0.2, 0.25) is 12.1 Å². The molecule has 0 saturated carbocycles. The second-order valence-electron chi connectivity index (χ2n) is 15.4. The molecular formula is C46H64N6O8Si2. The fraction of sp³-hybridized carbons (Fsp3) is 0.435. The van der Waals surface area contributed by atoms with E-state index in [1.165, 1.54) is 0 Å². The molecule has 0 spiro atoms. The van der Waals surface area contributed by atoms with Crippen molar-refractivity contribution in [1.82, 2.24) is 30.6 Å². The molecule has 5 heterocycles. The molecule has 3 aromatic heterocycles. The van der Waals surface area contributed by atoms with E-state index in [9.17, 15) is 9.59 Å². The number of nitrogens with one attached hydrogen (secondary N) is 4. The van der Waals surface area contributed by atoms with Gasteiger partial charge in [0.15, 0.2) is 0 Å². The Balaban J connectivity index is 1.55. The fourth-order valence-electron chi connectivity index (χ4n) is 8.13. The normalized spacial score (nSPS) is 13.2. The van der Waals surface area contributed by atoms with Crippen LogP contribution >= 0.6 is 0 Å². The van der Waals surface area contributed by atoms with Gasteiger partial charge in [-0.25, -0.2) is 9.97 Å². The zero-order valence-electron chi connectivity index (χ0n) is 38.1. The quantitative estimate of drug-likeness (QED) is 0.0568. The Bertz CT molecular complexity index is 2380. The molecule has 0 saturated heterocycles. The van der Waals surface area contributed by atoms with Crippen LogP contribution in [0.1, 0.15) is 97.4 Å². The van der Waals surface area contributed by atoms with E-state index in [1.807, 2.05) is 31.2 Å². The Morgan fingerprint density at radius 3 is 1.34 bits per heavy atom. The highest BCUT2D eigenvalue weighted by Gasteiger charge is 2.37. The third-order valence-corrected chi connectivity index (χ3v) is 17.7. The highest BCUT2D eigenvalue weighted by atomic mass is 28.4. The van der Waals surface area contributed by atoms with Crippen molar-refractivity contribution in [2.45, 2.75) is 78.3 Å². The van der Waals surface area contributed by atoms with E-state index < -0.39 is 17.6 Å². The van der Waals surface area contributed by atoms with Crippen LogP contribution in [0, 0.1) is 13.8 Å². The first-order chi connectivity index (χ1) is 29.7. The number of aromatic amines is 2. The largest absolute Gasteiger partial charge is 0.500 e. The molecular weight excluding hydrogens is 821 g/mol. The lowest BCUT2D eigenvalue weighted by Gasteiger charge is -2.24. The van der Waals surface area contributed by atoms with Gasteiger partial charge in [0, 0.05) is 114 Å². The van der Waals surface area contributed by atoms with Crippen LogP contribution in [0.3, 0.4) is 0 Å². The van der Waals surface area contributed by atoms with Crippen molar-refractivity contribution in [2.24, 2.45) is 0 Å². The number of carbonyl (C=O) groups is 2. The standard InChI is InChI=1S/C46H64N6O8Si2/c1-13-33-29(3)37-25-38-31(5)35(17-19-45(53)47-21-15-23-61(55-7,56-8)57-9)43(51-38)28-44-36(18-20-46(54)48-22-16-24-62(58-10,59-11)60-12)32(6)40(52-44)27-42-34(14-2)30(4)39(50-42)26-41(33)49-37/h13-14,25-28,49-50H,1-2,15-24H2,3-12H3,(H,47,53)(H,48,54). The molecule has 0 unspecified atom stereocenters. The molecule has 2 amide bonds. The molecule has 5 rings (SSSR count). The number of hydrogen-bond acceptors (Lipinski definition) is 10. The molecule has 8 bridgehead atoms. The molecule has 0 aromatic carbocycles. The first-order valence-electron chi connectivity index (χ1n) is 21.0. The number of rotatable bonds is 22. The molecule has 4 N–H and O–H groups in total. The summed E-state index contributed by atoms with van der Waals surface area (Å²) < 4.78 is 33.2. The second-order valence-corrected chi connectivity index (χ2v) is 21.6. The molecule has 62 heavy (non-hydrogen) atoms. The highest BCUT2D eigenvalue weighted by Crippen LogP contribution is 2.38. The van der Waals surface area contributed by atoms with Crippen LogP contribution in [0.25, 0.3) is 56.5 Å². The van der Waals surface area contributed by atoms with Gasteiger partial charge in [-0.05, 0) is 111 Å². The molecule has 334 valence electrons. The van der Waals surface area contributed by atoms with Crippen LogP contribution in [-0.4, -0.2) is 105 Å². The topological polar surface area (TPSA) is 171 Å². The summed E-state index contributed by atoms with van der Waals surface area (Å²) in [6.07, 6.45) is 6.48. The van der Waals surface area contributed by atoms with Crippen molar-refractivity contribution < 1.29 is 36.1 Å². The minimum absolute atomic E-state index is 0.0694. The predicted octanol–water partition coefficient (Wildman–Crippen LogP) is 8.41. The van der Waals surface area contributed by atoms with Crippen molar-refractivity contribution in [3.05, 3.63) is 82.5 Å². The van der Waals surface area contributed by atoms with Crippen LogP contribution < -0.4 is 10.6 Å². The number of H-pyrrole nitrogens is 2. The first-order valence-corrected chi connectivity index (χ1v) is 24.9. The lowest BCUT2D eigenvalue weighted by atomic mass is 9.98. The van der Waals surface area contributed by atoms with Gasteiger partial charge in [0.2, 0.25) is 11.8 Å². The number of nitrogens with zero attached hydrogens (tertiary/aromatic N) is 2. The summed E-state index contributed by atoms with van der Waals surface area (Å²) in [6, 6.07) is 9.39. The zero-order chi connectivity index (χ0) is 45.2. The van der Waals surface area contributed by atoms with Crippen LogP contribution in [-0.2, 0) is 36.1 Å². The second kappa shape index (κ2) is 21.5. The van der Waals surface area contributed by atoms with E-state index in [2.05, 4.69) is 66.7 Å². The Morgan fingerprint density at radius 1 is 0.581 bits per heavy atom. The number of allylic oxidation sites excluding steroid dienone is 4. The van der Waals surface area contributed by atoms with Gasteiger partial charge in [0.1, 0.15) is 0 Å². The number of aryl methyl sites for hydroxylation is 2. The molecule has 2 aliphatic rings. The van der Waals surface area contributed by atoms with E-state index in [0.29, 0.717) is 50.9 Å². The highest BCUT2D eigenvalue weighted by molar-refractivity contribution is 6.60. The molecule has 0 fully saturated rings. The predicted molar refractivity (Wildman–Crippen MR) is 253 cm³/mol. The zero-order valence-corrected chi connectivity index (χ0v) is 40.1. The minimum atomic E-state index is -2.74. The average Bonchev–Trinajstić information content (AvgIpc) is 3.94. The van der Waals surface area contributed by atoms with Gasteiger partial charge >= 0.3 is 17.6 Å². The van der Waals surface area contributed by atoms with Crippen molar-refractivity contribution in [2.75, 3.05) is 55.7 Å². The van der Waals surface area contributed by atoms with Gasteiger partial charge in [-0.2, -0.15) is 0 Å². The maximum Gasteiger partial charge on any atom is 0.500 e. The Morgan fingerprint density at radius 2 is 0.952 bits per heavy atom. The van der Waals surface area contributed by atoms with Crippen LogP contribution in [0.15, 0.2) is 37.4 Å². The number of fused-ring (bicyclic) bond motifs is 8. The van der Waals surface area contributed by atoms with Crippen LogP contribution in [0.4, 0.5) is 0 Å². The summed E-state index contributed by atoms with van der Waals surface area (Å²) in [5.41, 5.74) is 14.6. The van der Waals surface area contributed by atoms with Gasteiger partial charge in [0.05, 0.1) is 22.8 Å². The molecule has 14 nitrogen and oxygen atoms in total. The average molecular weight is 885 g/mol. The summed E-state index contributed by atoms with van der Waals surface area (Å²) in [4.78, 5) is 44.3. The Labute approximate surface area is 368 Å². The van der Waals surface area contributed by atoms with Crippen molar-refractivity contribution in [3.63, 3.8) is 0 Å². The molecule has 0 radical (unpaired) electrons. The molecule has 0 atom stereocenters. The SMILES string of the molecule is C=Cc1c(C)c2cc3[nH]c(cc4nc(cc5nc(cc1[nH]2)C(C)=C5CCC(=O)NCCC[Si](OC)(OC)OC)C(CCC(=O)NCCC[Si](OC)(OC)OC)=C4C)c(C)c3C=C. The Hall–Kier alpha value is -4.79. The lowest BCUT2D eigenvalue weighted by molar-refractivity contribution is -0.121. The molecule has 2 aliphatic heterocycles. The number of aromatic nitrogens is 4. The number of hydrogen-bond donors (Lipinski definition) is 4. The summed E-state index contributed by atoms with van der Waals surface area (Å²) in [6.45, 7) is 17.5. The third kappa shape index (κ3) is 10.7.